The highest BCUT2D eigenvalue weighted by atomic mass is 35.5. The van der Waals surface area contributed by atoms with Crippen LogP contribution in [-0.4, -0.2) is 10.5 Å². The van der Waals surface area contributed by atoms with Gasteiger partial charge in [-0.25, -0.2) is 0 Å². The zero-order chi connectivity index (χ0) is 8.20. The largest absolute Gasteiger partial charge is 0.299 e. The third kappa shape index (κ3) is 4.34. The highest BCUT2D eigenvalue weighted by Crippen LogP contribution is 2.18. The molecule has 0 aromatic rings. The summed E-state index contributed by atoms with van der Waals surface area (Å²) in [5.74, 6) is 0. The van der Waals surface area contributed by atoms with Crippen LogP contribution in [0.25, 0.3) is 0 Å². The Morgan fingerprint density at radius 2 is 2.00 bits per heavy atom. The van der Waals surface area contributed by atoms with Gasteiger partial charge in [-0.15, -0.1) is 11.6 Å². The third-order valence-electron chi connectivity index (χ3n) is 1.29. The van der Waals surface area contributed by atoms with Gasteiger partial charge in [-0.05, 0) is 6.42 Å². The first-order valence-electron chi connectivity index (χ1n) is 3.39. The summed E-state index contributed by atoms with van der Waals surface area (Å²) in [4.78, 5) is 0. The molecule has 4 heteroatoms. The number of rotatable bonds is 4. The van der Waals surface area contributed by atoms with Crippen LogP contribution < -0.4 is 11.5 Å². The molecule has 0 radical (unpaired) electrons. The van der Waals surface area contributed by atoms with Crippen LogP contribution >= 0.6 is 23.2 Å². The van der Waals surface area contributed by atoms with Crippen LogP contribution in [0.5, 0.6) is 0 Å². The molecule has 0 bridgehead atoms. The van der Waals surface area contributed by atoms with Crippen molar-refractivity contribution in [3.05, 3.63) is 0 Å². The van der Waals surface area contributed by atoms with Gasteiger partial charge < -0.3 is 0 Å². The number of hydrogen-bond donors (Lipinski definition) is 2. The molecule has 1 unspecified atom stereocenters. The third-order valence-corrected chi connectivity index (χ3v) is 2.25. The zero-order valence-electron chi connectivity index (χ0n) is 6.11. The van der Waals surface area contributed by atoms with Crippen molar-refractivity contribution in [1.82, 2.24) is 0 Å². The number of nitrogens with two attached hydrogens (primary N) is 2. The Morgan fingerprint density at radius 1 is 1.50 bits per heavy atom. The van der Waals surface area contributed by atoms with Gasteiger partial charge in [0, 0.05) is 0 Å². The van der Waals surface area contributed by atoms with Crippen LogP contribution in [0.2, 0.25) is 0 Å². The second-order valence-corrected chi connectivity index (χ2v) is 3.62. The topological polar surface area (TPSA) is 52.0 Å². The summed E-state index contributed by atoms with van der Waals surface area (Å²) in [7, 11) is 0. The molecule has 0 spiro atoms. The van der Waals surface area contributed by atoms with Crippen molar-refractivity contribution in [3.63, 3.8) is 0 Å². The van der Waals surface area contributed by atoms with E-state index in [0.717, 1.165) is 19.3 Å². The van der Waals surface area contributed by atoms with Crippen LogP contribution in [0.3, 0.4) is 0 Å². The number of hydrogen-bond acceptors (Lipinski definition) is 2. The fourth-order valence-corrected chi connectivity index (χ4v) is 0.868. The van der Waals surface area contributed by atoms with E-state index >= 15 is 0 Å². The van der Waals surface area contributed by atoms with E-state index in [1.165, 1.54) is 0 Å². The quantitative estimate of drug-likeness (QED) is 0.397. The summed E-state index contributed by atoms with van der Waals surface area (Å²) in [6.45, 7) is 2.08. The fourth-order valence-electron chi connectivity index (χ4n) is 0.605. The van der Waals surface area contributed by atoms with E-state index in [0.29, 0.717) is 0 Å². The first-order valence-corrected chi connectivity index (χ1v) is 4.20. The molecule has 0 aliphatic carbocycles. The molecule has 2 nitrogen and oxygen atoms in total. The molecule has 0 aliphatic heterocycles. The molecule has 62 valence electrons. The molecule has 0 rings (SSSR count). The van der Waals surface area contributed by atoms with Crippen LogP contribution in [0.1, 0.15) is 26.2 Å². The summed E-state index contributed by atoms with van der Waals surface area (Å²) >= 11 is 11.3. The fraction of sp³-hybridized carbons (Fsp3) is 1.00. The first kappa shape index (κ1) is 10.5. The van der Waals surface area contributed by atoms with Gasteiger partial charge in [0.05, 0.1) is 5.38 Å². The molecule has 0 amide bonds. The predicted molar refractivity (Wildman–Crippen MR) is 46.1 cm³/mol. The average molecular weight is 185 g/mol. The standard InChI is InChI=1S/C6H14Cl2N2/c1-2-3-4-5(7)6(8,9)10/h5H,2-4,9-10H2,1H3. The van der Waals surface area contributed by atoms with Crippen molar-refractivity contribution < 1.29 is 0 Å². The van der Waals surface area contributed by atoms with Crippen molar-refractivity contribution in [2.24, 2.45) is 11.5 Å². The minimum atomic E-state index is -1.25. The Kier molecular flexibility index (Phi) is 4.61. The van der Waals surface area contributed by atoms with Gasteiger partial charge in [0.15, 0.2) is 5.12 Å². The Balaban J connectivity index is 3.52. The van der Waals surface area contributed by atoms with E-state index in [1.54, 1.807) is 0 Å². The SMILES string of the molecule is CCCCC(Cl)C(N)(N)Cl. The number of alkyl halides is 2. The van der Waals surface area contributed by atoms with Crippen molar-refractivity contribution >= 4 is 23.2 Å². The molecular weight excluding hydrogens is 171 g/mol. The smallest absolute Gasteiger partial charge is 0.158 e. The van der Waals surface area contributed by atoms with Gasteiger partial charge in [-0.2, -0.15) is 0 Å². The molecule has 0 saturated carbocycles. The van der Waals surface area contributed by atoms with E-state index in [1.807, 2.05) is 0 Å². The lowest BCUT2D eigenvalue weighted by molar-refractivity contribution is 0.534. The monoisotopic (exact) mass is 184 g/mol. The maximum absolute atomic E-state index is 5.75. The minimum Gasteiger partial charge on any atom is -0.299 e. The van der Waals surface area contributed by atoms with E-state index in [4.69, 9.17) is 34.7 Å². The lowest BCUT2D eigenvalue weighted by atomic mass is 10.2. The van der Waals surface area contributed by atoms with Gasteiger partial charge in [-0.3, -0.25) is 11.5 Å². The number of unbranched alkanes of at least 4 members (excludes halogenated alkanes) is 1. The van der Waals surface area contributed by atoms with Crippen LogP contribution in [0.4, 0.5) is 0 Å². The van der Waals surface area contributed by atoms with Crippen molar-refractivity contribution in [3.8, 4) is 0 Å². The van der Waals surface area contributed by atoms with Crippen molar-refractivity contribution in [1.29, 1.82) is 0 Å². The van der Waals surface area contributed by atoms with Crippen LogP contribution in [0.15, 0.2) is 0 Å². The highest BCUT2D eigenvalue weighted by Gasteiger charge is 2.25. The van der Waals surface area contributed by atoms with Gasteiger partial charge in [0.25, 0.3) is 0 Å². The van der Waals surface area contributed by atoms with Crippen LogP contribution in [-0.2, 0) is 0 Å². The minimum absolute atomic E-state index is 0.339. The molecule has 4 N–H and O–H groups in total. The molecule has 0 heterocycles. The second-order valence-electron chi connectivity index (χ2n) is 2.44. The second kappa shape index (κ2) is 4.39. The van der Waals surface area contributed by atoms with Gasteiger partial charge in [0.1, 0.15) is 0 Å². The first-order chi connectivity index (χ1) is 4.48. The average Bonchev–Trinajstić information content (AvgIpc) is 1.80. The van der Waals surface area contributed by atoms with Gasteiger partial charge in [-0.1, -0.05) is 31.4 Å². The lowest BCUT2D eigenvalue weighted by Crippen LogP contribution is -2.51. The Labute approximate surface area is 71.9 Å². The molecule has 10 heavy (non-hydrogen) atoms. The van der Waals surface area contributed by atoms with E-state index in [9.17, 15) is 0 Å². The molecule has 1 atom stereocenters. The summed E-state index contributed by atoms with van der Waals surface area (Å²) in [6, 6.07) is 0. The summed E-state index contributed by atoms with van der Waals surface area (Å²) in [5, 5.41) is -1.59. The Bertz CT molecular complexity index is 90.2. The summed E-state index contributed by atoms with van der Waals surface area (Å²) in [5.41, 5.74) is 10.7. The normalized spacial score (nSPS) is 15.3. The maximum atomic E-state index is 5.75. The molecule has 0 saturated heterocycles. The molecule has 0 aliphatic rings. The summed E-state index contributed by atoms with van der Waals surface area (Å²) in [6.07, 6.45) is 2.86. The van der Waals surface area contributed by atoms with Crippen molar-refractivity contribution in [2.45, 2.75) is 36.7 Å². The lowest BCUT2D eigenvalue weighted by Gasteiger charge is -2.21. The number of halogens is 2. The van der Waals surface area contributed by atoms with Gasteiger partial charge in [0.2, 0.25) is 0 Å². The Morgan fingerprint density at radius 3 is 2.30 bits per heavy atom. The van der Waals surface area contributed by atoms with E-state index in [-0.39, 0.29) is 5.38 Å². The van der Waals surface area contributed by atoms with Crippen LogP contribution in [0, 0.1) is 0 Å². The van der Waals surface area contributed by atoms with E-state index < -0.39 is 5.12 Å². The zero-order valence-corrected chi connectivity index (χ0v) is 7.62. The molecule has 0 aromatic heterocycles. The molecule has 0 aromatic carbocycles. The predicted octanol–water partition coefficient (Wildman–Crippen LogP) is 1.59. The van der Waals surface area contributed by atoms with Crippen molar-refractivity contribution in [2.75, 3.05) is 0 Å². The van der Waals surface area contributed by atoms with Gasteiger partial charge >= 0.3 is 0 Å². The Hall–Kier alpha value is 0.500. The molecular formula is C6H14Cl2N2. The molecule has 0 fully saturated rings. The highest BCUT2D eigenvalue weighted by molar-refractivity contribution is 6.31. The maximum Gasteiger partial charge on any atom is 0.158 e. The summed E-state index contributed by atoms with van der Waals surface area (Å²) < 4.78 is 0. The van der Waals surface area contributed by atoms with E-state index in [2.05, 4.69) is 6.92 Å².